The zero-order valence-corrected chi connectivity index (χ0v) is 10.9. The Morgan fingerprint density at radius 2 is 2.28 bits per heavy atom. The Morgan fingerprint density at radius 3 is 3.17 bits per heavy atom. The van der Waals surface area contributed by atoms with E-state index in [1.165, 1.54) is 37.8 Å². The highest BCUT2D eigenvalue weighted by Crippen LogP contribution is 2.55. The number of likely N-dealkylation sites (tertiary alicyclic amines) is 1. The molecule has 0 spiro atoms. The van der Waals surface area contributed by atoms with Crippen molar-refractivity contribution in [3.63, 3.8) is 0 Å². The Morgan fingerprint density at radius 1 is 1.39 bits per heavy atom. The summed E-state index contributed by atoms with van der Waals surface area (Å²) in [5.74, 6) is 1.08. The first kappa shape index (κ1) is 10.7. The molecule has 1 aromatic rings. The van der Waals surface area contributed by atoms with Crippen LogP contribution in [0.5, 0.6) is 5.75 Å². The molecule has 1 aliphatic carbocycles. The van der Waals surface area contributed by atoms with Crippen LogP contribution in [-0.2, 0) is 5.41 Å². The van der Waals surface area contributed by atoms with Gasteiger partial charge in [-0.2, -0.15) is 0 Å². The molecule has 0 amide bonds. The van der Waals surface area contributed by atoms with E-state index in [0.29, 0.717) is 12.1 Å². The monoisotopic (exact) mass is 244 g/mol. The minimum absolute atomic E-state index is 0.250. The molecule has 18 heavy (non-hydrogen) atoms. The van der Waals surface area contributed by atoms with E-state index in [9.17, 15) is 0 Å². The molecule has 1 aromatic carbocycles. The zero-order chi connectivity index (χ0) is 12.3. The summed E-state index contributed by atoms with van der Waals surface area (Å²) in [6.07, 6.45) is 5.40. The molecule has 3 nitrogen and oxygen atoms in total. The number of piperidine rings is 1. The summed E-state index contributed by atoms with van der Waals surface area (Å²) in [6.45, 7) is 1.18. The molecule has 0 aromatic heterocycles. The predicted molar refractivity (Wildman–Crippen MR) is 71.8 cm³/mol. The first-order valence-electron chi connectivity index (χ1n) is 6.98. The third-order valence-electron chi connectivity index (χ3n) is 5.29. The summed E-state index contributed by atoms with van der Waals surface area (Å²) in [6, 6.07) is 6.76. The maximum Gasteiger partial charge on any atom is 0.124 e. The number of anilines is 1. The number of nitrogens with two attached hydrogens (primary N) is 1. The fourth-order valence-electron chi connectivity index (χ4n) is 4.34. The Hall–Kier alpha value is -1.22. The van der Waals surface area contributed by atoms with Gasteiger partial charge in [-0.3, -0.25) is 4.90 Å². The molecule has 0 unspecified atom stereocenters. The number of likely N-dealkylation sites (N-methyl/N-ethyl adjacent to an activating group) is 1. The number of fused-ring (bicyclic) bond motifs is 1. The zero-order valence-electron chi connectivity index (χ0n) is 10.9. The van der Waals surface area contributed by atoms with Gasteiger partial charge in [-0.05, 0) is 51.1 Å². The number of hydrogen-bond acceptors (Lipinski definition) is 3. The molecule has 3 atom stereocenters. The molecule has 2 aliphatic heterocycles. The van der Waals surface area contributed by atoms with Crippen LogP contribution in [0, 0.1) is 0 Å². The summed E-state index contributed by atoms with van der Waals surface area (Å²) in [5, 5.41) is 0. The van der Waals surface area contributed by atoms with Gasteiger partial charge in [0.15, 0.2) is 0 Å². The van der Waals surface area contributed by atoms with E-state index in [4.69, 9.17) is 10.5 Å². The maximum absolute atomic E-state index is 6.30. The third kappa shape index (κ3) is 1.18. The lowest BCUT2D eigenvalue weighted by atomic mass is 9.62. The van der Waals surface area contributed by atoms with Gasteiger partial charge in [0, 0.05) is 22.7 Å². The Balaban J connectivity index is 1.87. The number of nitrogen functional groups attached to an aromatic ring is 1. The molecule has 3 heteroatoms. The van der Waals surface area contributed by atoms with Gasteiger partial charge in [-0.15, -0.1) is 0 Å². The Kier molecular flexibility index (Phi) is 2.03. The molecule has 0 radical (unpaired) electrons. The van der Waals surface area contributed by atoms with Gasteiger partial charge in [-0.1, -0.05) is 6.42 Å². The molecule has 3 aliphatic rings. The molecular formula is C15H20N2O. The van der Waals surface area contributed by atoms with Crippen molar-refractivity contribution in [2.45, 2.75) is 43.2 Å². The smallest absolute Gasteiger partial charge is 0.124 e. The summed E-state index contributed by atoms with van der Waals surface area (Å²) in [5.41, 5.74) is 8.48. The van der Waals surface area contributed by atoms with E-state index in [2.05, 4.69) is 24.1 Å². The minimum atomic E-state index is 0.250. The number of rotatable bonds is 0. The highest BCUT2D eigenvalue weighted by Gasteiger charge is 2.57. The Labute approximate surface area is 108 Å². The van der Waals surface area contributed by atoms with Crippen molar-refractivity contribution in [2.75, 3.05) is 19.3 Å². The largest absolute Gasteiger partial charge is 0.488 e. The second kappa shape index (κ2) is 3.41. The topological polar surface area (TPSA) is 38.5 Å². The fourth-order valence-corrected chi connectivity index (χ4v) is 4.34. The van der Waals surface area contributed by atoms with Crippen molar-refractivity contribution in [1.82, 2.24) is 4.90 Å². The molecule has 4 rings (SSSR count). The minimum Gasteiger partial charge on any atom is -0.488 e. The van der Waals surface area contributed by atoms with Gasteiger partial charge in [0.1, 0.15) is 11.9 Å². The van der Waals surface area contributed by atoms with E-state index in [-0.39, 0.29) is 5.41 Å². The predicted octanol–water partition coefficient (Wildman–Crippen LogP) is 2.16. The van der Waals surface area contributed by atoms with Crippen molar-refractivity contribution in [3.05, 3.63) is 23.8 Å². The van der Waals surface area contributed by atoms with E-state index >= 15 is 0 Å². The van der Waals surface area contributed by atoms with Gasteiger partial charge in [0.05, 0.1) is 0 Å². The normalized spacial score (nSPS) is 37.8. The van der Waals surface area contributed by atoms with Crippen molar-refractivity contribution in [2.24, 2.45) is 0 Å². The molecule has 2 fully saturated rings. The molecule has 1 saturated heterocycles. The first-order chi connectivity index (χ1) is 8.71. The van der Waals surface area contributed by atoms with E-state index < -0.39 is 0 Å². The SMILES string of the molecule is CN1CC[C@@]23CCC[C@@H]1[C@@H]2Oc1ccc(N)cc13. The van der Waals surface area contributed by atoms with Crippen LogP contribution < -0.4 is 10.5 Å². The molecule has 2 bridgehead atoms. The van der Waals surface area contributed by atoms with Gasteiger partial charge >= 0.3 is 0 Å². The molecule has 2 heterocycles. The van der Waals surface area contributed by atoms with Crippen LogP contribution in [0.3, 0.4) is 0 Å². The number of ether oxygens (including phenoxy) is 1. The van der Waals surface area contributed by atoms with Crippen molar-refractivity contribution < 1.29 is 4.74 Å². The lowest BCUT2D eigenvalue weighted by Gasteiger charge is -2.51. The van der Waals surface area contributed by atoms with Gasteiger partial charge < -0.3 is 10.5 Å². The third-order valence-corrected chi connectivity index (χ3v) is 5.29. The fraction of sp³-hybridized carbons (Fsp3) is 0.600. The van der Waals surface area contributed by atoms with E-state index in [0.717, 1.165) is 11.4 Å². The van der Waals surface area contributed by atoms with Crippen LogP contribution in [0.2, 0.25) is 0 Å². The first-order valence-corrected chi connectivity index (χ1v) is 6.98. The van der Waals surface area contributed by atoms with E-state index in [1.54, 1.807) is 0 Å². The summed E-state index contributed by atoms with van der Waals surface area (Å²) < 4.78 is 6.30. The van der Waals surface area contributed by atoms with Crippen molar-refractivity contribution in [1.29, 1.82) is 0 Å². The second-order valence-corrected chi connectivity index (χ2v) is 6.14. The number of benzene rings is 1. The quantitative estimate of drug-likeness (QED) is 0.711. The molecular weight excluding hydrogens is 224 g/mol. The summed E-state index contributed by atoms with van der Waals surface area (Å²) >= 11 is 0. The van der Waals surface area contributed by atoms with Crippen LogP contribution in [0.15, 0.2) is 18.2 Å². The van der Waals surface area contributed by atoms with Crippen molar-refractivity contribution in [3.8, 4) is 5.75 Å². The van der Waals surface area contributed by atoms with Gasteiger partial charge in [-0.25, -0.2) is 0 Å². The summed E-state index contributed by atoms with van der Waals surface area (Å²) in [4.78, 5) is 2.48. The second-order valence-electron chi connectivity index (χ2n) is 6.14. The van der Waals surface area contributed by atoms with Gasteiger partial charge in [0.25, 0.3) is 0 Å². The average molecular weight is 244 g/mol. The van der Waals surface area contributed by atoms with Gasteiger partial charge in [0.2, 0.25) is 0 Å². The highest BCUT2D eigenvalue weighted by atomic mass is 16.5. The number of hydrogen-bond donors (Lipinski definition) is 1. The lowest BCUT2D eigenvalue weighted by molar-refractivity contribution is -0.0303. The maximum atomic E-state index is 6.30. The van der Waals surface area contributed by atoms with E-state index in [1.807, 2.05) is 6.07 Å². The lowest BCUT2D eigenvalue weighted by Crippen LogP contribution is -2.60. The van der Waals surface area contributed by atoms with Crippen LogP contribution in [0.1, 0.15) is 31.2 Å². The molecule has 2 N–H and O–H groups in total. The van der Waals surface area contributed by atoms with Crippen LogP contribution in [0.4, 0.5) is 5.69 Å². The summed E-state index contributed by atoms with van der Waals surface area (Å²) in [7, 11) is 2.24. The molecule has 96 valence electrons. The standard InChI is InChI=1S/C15H20N2O/c1-17-8-7-15-6-2-3-12(17)14(15)18-13-5-4-10(16)9-11(13)15/h4-5,9,12,14H,2-3,6-8,16H2,1H3/t12-,14+,15-/m1/s1. The average Bonchev–Trinajstić information content (AvgIpc) is 2.69. The van der Waals surface area contributed by atoms with Crippen LogP contribution >= 0.6 is 0 Å². The number of nitrogens with zero attached hydrogens (tertiary/aromatic N) is 1. The highest BCUT2D eigenvalue weighted by molar-refractivity contribution is 5.55. The Bertz CT molecular complexity index is 501. The molecule has 1 saturated carbocycles. The van der Waals surface area contributed by atoms with Crippen molar-refractivity contribution >= 4 is 5.69 Å². The van der Waals surface area contributed by atoms with Crippen LogP contribution in [-0.4, -0.2) is 30.6 Å². The van der Waals surface area contributed by atoms with Crippen LogP contribution in [0.25, 0.3) is 0 Å².